The van der Waals surface area contributed by atoms with Crippen molar-refractivity contribution in [2.45, 2.75) is 47.1 Å². The maximum atomic E-state index is 6.08. The molecule has 1 heterocycles. The molecule has 17 heavy (non-hydrogen) atoms. The first-order valence-electron chi connectivity index (χ1n) is 6.08. The Bertz CT molecular complexity index is 426. The Kier molecular flexibility index (Phi) is 2.85. The first-order chi connectivity index (χ1) is 7.82. The van der Waals surface area contributed by atoms with E-state index < -0.39 is 0 Å². The minimum Gasteiger partial charge on any atom is -0.366 e. The zero-order chi connectivity index (χ0) is 12.8. The standard InChI is InChI=1S/C13H20ClN3/c1-6-8-9(14)15-7-16-10(8)17-11-12(2,3)13(11,4)5/h7,11H,6H2,1-5H3,(H,15,16,17). The van der Waals surface area contributed by atoms with Crippen LogP contribution in [0.2, 0.25) is 5.15 Å². The lowest BCUT2D eigenvalue weighted by atomic mass is 10.0. The van der Waals surface area contributed by atoms with Crippen molar-refractivity contribution >= 4 is 17.4 Å². The second-order valence-electron chi connectivity index (χ2n) is 5.87. The number of nitrogens with one attached hydrogen (secondary N) is 1. The molecule has 1 N–H and O–H groups in total. The van der Waals surface area contributed by atoms with Gasteiger partial charge in [-0.2, -0.15) is 0 Å². The lowest BCUT2D eigenvalue weighted by molar-refractivity contribution is 0.457. The van der Waals surface area contributed by atoms with Gasteiger partial charge in [0.1, 0.15) is 17.3 Å². The molecular formula is C13H20ClN3. The molecule has 4 heteroatoms. The normalized spacial score (nSPS) is 21.3. The summed E-state index contributed by atoms with van der Waals surface area (Å²) in [6.45, 7) is 11.2. The lowest BCUT2D eigenvalue weighted by Gasteiger charge is -2.11. The molecule has 0 aliphatic heterocycles. The number of hydrogen-bond donors (Lipinski definition) is 1. The van der Waals surface area contributed by atoms with E-state index in [1.807, 2.05) is 0 Å². The van der Waals surface area contributed by atoms with Gasteiger partial charge in [0, 0.05) is 11.6 Å². The number of halogens is 1. The molecule has 94 valence electrons. The molecule has 2 rings (SSSR count). The highest BCUT2D eigenvalue weighted by molar-refractivity contribution is 6.30. The van der Waals surface area contributed by atoms with Gasteiger partial charge in [0.2, 0.25) is 0 Å². The summed E-state index contributed by atoms with van der Waals surface area (Å²) < 4.78 is 0. The fourth-order valence-electron chi connectivity index (χ4n) is 2.52. The number of nitrogens with zero attached hydrogens (tertiary/aromatic N) is 2. The van der Waals surface area contributed by atoms with E-state index >= 15 is 0 Å². The second-order valence-corrected chi connectivity index (χ2v) is 6.22. The molecule has 1 aromatic rings. The van der Waals surface area contributed by atoms with Gasteiger partial charge < -0.3 is 5.32 Å². The highest BCUT2D eigenvalue weighted by Crippen LogP contribution is 2.63. The Morgan fingerprint density at radius 2 is 1.82 bits per heavy atom. The molecule has 0 saturated heterocycles. The molecule has 1 aliphatic rings. The van der Waals surface area contributed by atoms with Crippen molar-refractivity contribution in [2.75, 3.05) is 5.32 Å². The Morgan fingerprint density at radius 1 is 1.24 bits per heavy atom. The van der Waals surface area contributed by atoms with Crippen molar-refractivity contribution in [1.82, 2.24) is 9.97 Å². The molecular weight excluding hydrogens is 234 g/mol. The molecule has 1 aromatic heterocycles. The van der Waals surface area contributed by atoms with E-state index in [9.17, 15) is 0 Å². The van der Waals surface area contributed by atoms with E-state index in [0.29, 0.717) is 11.2 Å². The average molecular weight is 254 g/mol. The van der Waals surface area contributed by atoms with Crippen molar-refractivity contribution in [3.05, 3.63) is 17.0 Å². The summed E-state index contributed by atoms with van der Waals surface area (Å²) in [7, 11) is 0. The summed E-state index contributed by atoms with van der Waals surface area (Å²) in [6.07, 6.45) is 2.36. The largest absolute Gasteiger partial charge is 0.366 e. The third-order valence-electron chi connectivity index (χ3n) is 4.55. The number of aromatic nitrogens is 2. The van der Waals surface area contributed by atoms with Crippen LogP contribution in [0.1, 0.15) is 40.2 Å². The summed E-state index contributed by atoms with van der Waals surface area (Å²) in [6, 6.07) is 0.436. The summed E-state index contributed by atoms with van der Waals surface area (Å²) >= 11 is 6.08. The van der Waals surface area contributed by atoms with Crippen molar-refractivity contribution in [3.8, 4) is 0 Å². The van der Waals surface area contributed by atoms with Crippen LogP contribution in [-0.2, 0) is 6.42 Å². The maximum Gasteiger partial charge on any atom is 0.137 e. The van der Waals surface area contributed by atoms with Crippen LogP contribution in [0.15, 0.2) is 6.33 Å². The zero-order valence-electron chi connectivity index (χ0n) is 11.1. The van der Waals surface area contributed by atoms with E-state index in [1.165, 1.54) is 6.33 Å². The van der Waals surface area contributed by atoms with Crippen LogP contribution >= 0.6 is 11.6 Å². The van der Waals surface area contributed by atoms with E-state index in [0.717, 1.165) is 17.8 Å². The minimum absolute atomic E-state index is 0.287. The summed E-state index contributed by atoms with van der Waals surface area (Å²) in [5, 5.41) is 4.08. The second kappa shape index (κ2) is 3.84. The highest BCUT2D eigenvalue weighted by Gasteiger charge is 2.65. The summed E-state index contributed by atoms with van der Waals surface area (Å²) in [4.78, 5) is 8.34. The van der Waals surface area contributed by atoms with Gasteiger partial charge in [-0.05, 0) is 17.3 Å². The van der Waals surface area contributed by atoms with Crippen molar-refractivity contribution < 1.29 is 0 Å². The molecule has 1 aliphatic carbocycles. The van der Waals surface area contributed by atoms with E-state index in [-0.39, 0.29) is 10.8 Å². The Morgan fingerprint density at radius 3 is 2.29 bits per heavy atom. The molecule has 0 spiro atoms. The van der Waals surface area contributed by atoms with Crippen molar-refractivity contribution in [3.63, 3.8) is 0 Å². The number of hydrogen-bond acceptors (Lipinski definition) is 3. The predicted molar refractivity (Wildman–Crippen MR) is 71.4 cm³/mol. The van der Waals surface area contributed by atoms with Crippen molar-refractivity contribution in [2.24, 2.45) is 10.8 Å². The molecule has 0 radical (unpaired) electrons. The fraction of sp³-hybridized carbons (Fsp3) is 0.692. The lowest BCUT2D eigenvalue weighted by Crippen LogP contribution is -2.13. The van der Waals surface area contributed by atoms with Crippen LogP contribution in [0.4, 0.5) is 5.82 Å². The molecule has 0 atom stereocenters. The molecule has 0 bridgehead atoms. The number of rotatable bonds is 3. The third kappa shape index (κ3) is 1.81. The molecule has 1 saturated carbocycles. The monoisotopic (exact) mass is 253 g/mol. The molecule has 1 fully saturated rings. The van der Waals surface area contributed by atoms with Gasteiger partial charge in [-0.15, -0.1) is 0 Å². The fourth-order valence-corrected chi connectivity index (χ4v) is 2.79. The third-order valence-corrected chi connectivity index (χ3v) is 4.87. The van der Waals surface area contributed by atoms with Gasteiger partial charge in [0.05, 0.1) is 0 Å². The Hall–Kier alpha value is -0.830. The average Bonchev–Trinajstić information content (AvgIpc) is 2.61. The van der Waals surface area contributed by atoms with Crippen LogP contribution in [0, 0.1) is 10.8 Å². The van der Waals surface area contributed by atoms with Crippen LogP contribution < -0.4 is 5.32 Å². The molecule has 0 aromatic carbocycles. The predicted octanol–water partition coefficient (Wildman–Crippen LogP) is 3.54. The smallest absolute Gasteiger partial charge is 0.137 e. The summed E-state index contributed by atoms with van der Waals surface area (Å²) in [5.41, 5.74) is 1.58. The van der Waals surface area contributed by atoms with Gasteiger partial charge in [0.15, 0.2) is 0 Å². The van der Waals surface area contributed by atoms with Crippen LogP contribution in [0.5, 0.6) is 0 Å². The van der Waals surface area contributed by atoms with E-state index in [4.69, 9.17) is 11.6 Å². The molecule has 3 nitrogen and oxygen atoms in total. The van der Waals surface area contributed by atoms with E-state index in [1.54, 1.807) is 0 Å². The molecule has 0 unspecified atom stereocenters. The quantitative estimate of drug-likeness (QED) is 0.838. The first-order valence-corrected chi connectivity index (χ1v) is 6.46. The van der Waals surface area contributed by atoms with Crippen LogP contribution in [-0.4, -0.2) is 16.0 Å². The number of anilines is 1. The van der Waals surface area contributed by atoms with E-state index in [2.05, 4.69) is 49.9 Å². The van der Waals surface area contributed by atoms with Gasteiger partial charge in [-0.3, -0.25) is 0 Å². The SMILES string of the molecule is CCc1c(Cl)ncnc1NC1C(C)(C)C1(C)C. The van der Waals surface area contributed by atoms with Crippen LogP contribution in [0.25, 0.3) is 0 Å². The Labute approximate surface area is 108 Å². The Balaban J connectivity index is 2.24. The highest BCUT2D eigenvalue weighted by atomic mass is 35.5. The topological polar surface area (TPSA) is 37.8 Å². The van der Waals surface area contributed by atoms with Gasteiger partial charge in [0.25, 0.3) is 0 Å². The molecule has 0 amide bonds. The van der Waals surface area contributed by atoms with Crippen molar-refractivity contribution in [1.29, 1.82) is 0 Å². The summed E-state index contributed by atoms with van der Waals surface area (Å²) in [5.74, 6) is 0.885. The van der Waals surface area contributed by atoms with Crippen LogP contribution in [0.3, 0.4) is 0 Å². The van der Waals surface area contributed by atoms with Gasteiger partial charge in [-0.25, -0.2) is 9.97 Å². The minimum atomic E-state index is 0.287. The zero-order valence-corrected chi connectivity index (χ0v) is 11.9. The maximum absolute atomic E-state index is 6.08. The first kappa shape index (κ1) is 12.6. The van der Waals surface area contributed by atoms with Gasteiger partial charge in [-0.1, -0.05) is 46.2 Å². The van der Waals surface area contributed by atoms with Gasteiger partial charge >= 0.3 is 0 Å².